The highest BCUT2D eigenvalue weighted by atomic mass is 16.5. The number of hydrogen-bond acceptors (Lipinski definition) is 6. The Morgan fingerprint density at radius 3 is 2.71 bits per heavy atom. The minimum atomic E-state index is -0.678. The van der Waals surface area contributed by atoms with Gasteiger partial charge < -0.3 is 10.1 Å². The van der Waals surface area contributed by atoms with Gasteiger partial charge in [0.15, 0.2) is 5.69 Å². The molecule has 7 nitrogen and oxygen atoms in total. The Balaban J connectivity index is 2.42. The van der Waals surface area contributed by atoms with Crippen molar-refractivity contribution < 1.29 is 9.53 Å². The van der Waals surface area contributed by atoms with Crippen LogP contribution in [0.4, 0.5) is 5.95 Å². The van der Waals surface area contributed by atoms with Gasteiger partial charge in [0.1, 0.15) is 0 Å². The third-order valence-electron chi connectivity index (χ3n) is 2.64. The molecule has 0 bridgehead atoms. The van der Waals surface area contributed by atoms with Gasteiger partial charge in [0.25, 0.3) is 5.56 Å². The molecule has 0 unspecified atom stereocenters. The Hall–Kier alpha value is -2.96. The van der Waals surface area contributed by atoms with Crippen molar-refractivity contribution in [3.63, 3.8) is 0 Å². The van der Waals surface area contributed by atoms with Crippen LogP contribution in [0.25, 0.3) is 0 Å². The summed E-state index contributed by atoms with van der Waals surface area (Å²) < 4.78 is 5.61. The van der Waals surface area contributed by atoms with Crippen LogP contribution in [-0.2, 0) is 4.74 Å². The van der Waals surface area contributed by atoms with Crippen LogP contribution in [0, 0.1) is 0 Å². The number of hydrogen-bond donors (Lipinski definition) is 1. The Morgan fingerprint density at radius 2 is 2.10 bits per heavy atom. The van der Waals surface area contributed by atoms with Gasteiger partial charge in [0.05, 0.1) is 13.3 Å². The Morgan fingerprint density at radius 1 is 1.38 bits per heavy atom. The lowest BCUT2D eigenvalue weighted by Gasteiger charge is -2.07. The minimum absolute atomic E-state index is 0.0713. The molecule has 0 saturated carbocycles. The zero-order valence-electron chi connectivity index (χ0n) is 11.6. The third kappa shape index (κ3) is 3.33. The van der Waals surface area contributed by atoms with Crippen LogP contribution in [0.5, 0.6) is 0 Å². The first-order valence-electron chi connectivity index (χ1n) is 6.15. The van der Waals surface area contributed by atoms with Crippen LogP contribution >= 0.6 is 0 Å². The molecule has 2 rings (SSSR count). The first-order valence-corrected chi connectivity index (χ1v) is 6.15. The molecule has 0 amide bonds. The summed E-state index contributed by atoms with van der Waals surface area (Å²) in [5.41, 5.74) is 0.281. The van der Waals surface area contributed by atoms with Gasteiger partial charge in [-0.3, -0.25) is 4.79 Å². The molecule has 2 aromatic rings. The normalized spacial score (nSPS) is 10.6. The van der Waals surface area contributed by atoms with Crippen molar-refractivity contribution in [3.8, 4) is 0 Å². The predicted octanol–water partition coefficient (Wildman–Crippen LogP) is 0.954. The smallest absolute Gasteiger partial charge is 0.357 e. The van der Waals surface area contributed by atoms with E-state index in [-0.39, 0.29) is 11.6 Å². The maximum Gasteiger partial charge on any atom is 0.357 e. The van der Waals surface area contributed by atoms with Gasteiger partial charge in [-0.1, -0.05) is 30.3 Å². The molecular weight excluding hydrogens is 272 g/mol. The highest BCUT2D eigenvalue weighted by molar-refractivity contribution is 5.87. The molecular formula is C14H14N4O3. The van der Waals surface area contributed by atoms with Crippen LogP contribution in [0.1, 0.15) is 16.1 Å². The molecule has 21 heavy (non-hydrogen) atoms. The summed E-state index contributed by atoms with van der Waals surface area (Å²) in [6, 6.07) is 10.4. The lowest BCUT2D eigenvalue weighted by atomic mass is 10.2. The van der Waals surface area contributed by atoms with E-state index in [4.69, 9.17) is 0 Å². The number of nitrogens with zero attached hydrogens (tertiary/aromatic N) is 3. The Labute approximate surface area is 120 Å². The molecule has 0 radical (unpaired) electrons. The molecule has 0 atom stereocenters. The Kier molecular flexibility index (Phi) is 4.45. The van der Waals surface area contributed by atoms with Gasteiger partial charge in [-0.25, -0.2) is 9.78 Å². The minimum Gasteiger partial charge on any atom is -0.464 e. The van der Waals surface area contributed by atoms with Gasteiger partial charge in [-0.2, -0.15) is 9.78 Å². The first kappa shape index (κ1) is 14.4. The topological polar surface area (TPSA) is 85.6 Å². The number of esters is 1. The summed E-state index contributed by atoms with van der Waals surface area (Å²) in [5.74, 6) is -0.530. The second kappa shape index (κ2) is 6.47. The molecule has 7 heteroatoms. The monoisotopic (exact) mass is 286 g/mol. The number of ether oxygens (including phenoxy) is 1. The van der Waals surface area contributed by atoms with Gasteiger partial charge >= 0.3 is 5.97 Å². The lowest BCUT2D eigenvalue weighted by molar-refractivity contribution is 0.0593. The molecule has 0 saturated heterocycles. The molecule has 0 spiro atoms. The molecule has 0 aliphatic carbocycles. The van der Waals surface area contributed by atoms with Crippen LogP contribution in [0.15, 0.2) is 46.3 Å². The average Bonchev–Trinajstić information content (AvgIpc) is 2.53. The fraction of sp³-hybridized carbons (Fsp3) is 0.143. The van der Waals surface area contributed by atoms with Gasteiger partial charge in [-0.05, 0) is 5.56 Å². The van der Waals surface area contributed by atoms with Crippen molar-refractivity contribution in [3.05, 3.63) is 58.0 Å². The fourth-order valence-electron chi connectivity index (χ4n) is 1.62. The van der Waals surface area contributed by atoms with E-state index in [1.807, 2.05) is 30.3 Å². The first-order chi connectivity index (χ1) is 10.2. The highest BCUT2D eigenvalue weighted by Crippen LogP contribution is 2.03. The van der Waals surface area contributed by atoms with E-state index in [1.54, 1.807) is 7.05 Å². The van der Waals surface area contributed by atoms with Gasteiger partial charge in [0, 0.05) is 13.1 Å². The molecule has 0 aliphatic rings. The SMILES string of the molecule is CNc1nc(C(=O)OC)cc(=O)n1/N=C/c1ccccc1. The second-order valence-electron chi connectivity index (χ2n) is 4.01. The molecule has 0 fully saturated rings. The molecule has 1 aromatic heterocycles. The van der Waals surface area contributed by atoms with E-state index in [9.17, 15) is 9.59 Å². The predicted molar refractivity (Wildman–Crippen MR) is 78.8 cm³/mol. The van der Waals surface area contributed by atoms with Crippen LogP contribution in [0.2, 0.25) is 0 Å². The van der Waals surface area contributed by atoms with Crippen molar-refractivity contribution >= 4 is 18.1 Å². The van der Waals surface area contributed by atoms with E-state index in [0.29, 0.717) is 0 Å². The van der Waals surface area contributed by atoms with Crippen molar-refractivity contribution in [1.82, 2.24) is 9.66 Å². The van der Waals surface area contributed by atoms with Crippen molar-refractivity contribution in [2.45, 2.75) is 0 Å². The van der Waals surface area contributed by atoms with E-state index >= 15 is 0 Å². The van der Waals surface area contributed by atoms with Gasteiger partial charge in [-0.15, -0.1) is 0 Å². The van der Waals surface area contributed by atoms with E-state index in [1.165, 1.54) is 13.3 Å². The molecule has 1 heterocycles. The number of rotatable bonds is 4. The quantitative estimate of drug-likeness (QED) is 0.668. The summed E-state index contributed by atoms with van der Waals surface area (Å²) in [7, 11) is 2.81. The van der Waals surface area contributed by atoms with Crippen LogP contribution in [-0.4, -0.2) is 36.0 Å². The zero-order chi connectivity index (χ0) is 15.2. The van der Waals surface area contributed by atoms with Crippen molar-refractivity contribution in [1.29, 1.82) is 0 Å². The number of carbonyl (C=O) groups excluding carboxylic acids is 1. The number of benzene rings is 1. The standard InChI is InChI=1S/C14H14N4O3/c1-15-14-17-11(13(20)21-2)8-12(19)18(14)16-9-10-6-4-3-5-7-10/h3-9H,1-2H3,(H,15,17)/b16-9+. The summed E-state index contributed by atoms with van der Waals surface area (Å²) in [6.45, 7) is 0. The highest BCUT2D eigenvalue weighted by Gasteiger charge is 2.13. The van der Waals surface area contributed by atoms with Crippen LogP contribution < -0.4 is 10.9 Å². The Bertz CT molecular complexity index is 723. The number of nitrogens with one attached hydrogen (secondary N) is 1. The summed E-state index contributed by atoms with van der Waals surface area (Å²) in [4.78, 5) is 27.4. The second-order valence-corrected chi connectivity index (χ2v) is 4.01. The van der Waals surface area contributed by atoms with E-state index in [0.717, 1.165) is 16.3 Å². The number of aromatic nitrogens is 2. The van der Waals surface area contributed by atoms with Crippen molar-refractivity contribution in [2.24, 2.45) is 5.10 Å². The summed E-state index contributed by atoms with van der Waals surface area (Å²) in [5, 5.41) is 6.80. The number of anilines is 1. The van der Waals surface area contributed by atoms with E-state index < -0.39 is 11.5 Å². The maximum absolute atomic E-state index is 12.0. The maximum atomic E-state index is 12.0. The van der Waals surface area contributed by atoms with Gasteiger partial charge in [0.2, 0.25) is 5.95 Å². The molecule has 0 aliphatic heterocycles. The third-order valence-corrected chi connectivity index (χ3v) is 2.64. The zero-order valence-corrected chi connectivity index (χ0v) is 11.6. The summed E-state index contributed by atoms with van der Waals surface area (Å²) in [6.07, 6.45) is 1.53. The van der Waals surface area contributed by atoms with Crippen LogP contribution in [0.3, 0.4) is 0 Å². The summed E-state index contributed by atoms with van der Waals surface area (Å²) >= 11 is 0. The average molecular weight is 286 g/mol. The molecule has 1 N–H and O–H groups in total. The number of carbonyl (C=O) groups is 1. The fourth-order valence-corrected chi connectivity index (χ4v) is 1.62. The van der Waals surface area contributed by atoms with Crippen molar-refractivity contribution in [2.75, 3.05) is 19.5 Å². The van der Waals surface area contributed by atoms with E-state index in [2.05, 4.69) is 20.1 Å². The molecule has 1 aromatic carbocycles. The number of methoxy groups -OCH3 is 1. The lowest BCUT2D eigenvalue weighted by Crippen LogP contribution is -2.23. The largest absolute Gasteiger partial charge is 0.464 e. The molecule has 108 valence electrons.